The standard InChI is InChI=1S/C23H18Cl2N4O/c1-14-8-9-17(12-15(14)2)26-23(30)21-27-22(16-6-4-3-5-7-16)29(28-21)18-10-11-19(24)20(25)13-18/h3-13H,1-2H3,(H,26,30). The van der Waals surface area contributed by atoms with Crippen LogP contribution in [-0.4, -0.2) is 20.7 Å². The van der Waals surface area contributed by atoms with Crippen LogP contribution < -0.4 is 5.32 Å². The molecule has 0 radical (unpaired) electrons. The van der Waals surface area contributed by atoms with Crippen LogP contribution in [0.15, 0.2) is 66.7 Å². The van der Waals surface area contributed by atoms with Gasteiger partial charge in [-0.05, 0) is 55.3 Å². The predicted octanol–water partition coefficient (Wildman–Crippen LogP) is 6.11. The van der Waals surface area contributed by atoms with Crippen LogP contribution in [0.2, 0.25) is 10.0 Å². The quantitative estimate of drug-likeness (QED) is 0.419. The van der Waals surface area contributed by atoms with Gasteiger partial charge >= 0.3 is 0 Å². The molecule has 1 N–H and O–H groups in total. The maximum absolute atomic E-state index is 12.9. The number of hydrogen-bond acceptors (Lipinski definition) is 3. The number of hydrogen-bond donors (Lipinski definition) is 1. The summed E-state index contributed by atoms with van der Waals surface area (Å²) in [6.07, 6.45) is 0. The number of anilines is 1. The summed E-state index contributed by atoms with van der Waals surface area (Å²) in [5.41, 5.74) is 4.41. The summed E-state index contributed by atoms with van der Waals surface area (Å²) in [7, 11) is 0. The highest BCUT2D eigenvalue weighted by Gasteiger charge is 2.19. The van der Waals surface area contributed by atoms with E-state index in [0.717, 1.165) is 16.7 Å². The van der Waals surface area contributed by atoms with Crippen molar-refractivity contribution in [2.75, 3.05) is 5.32 Å². The van der Waals surface area contributed by atoms with E-state index in [1.807, 2.05) is 62.4 Å². The topological polar surface area (TPSA) is 59.8 Å². The van der Waals surface area contributed by atoms with Crippen molar-refractivity contribution in [1.29, 1.82) is 0 Å². The van der Waals surface area contributed by atoms with E-state index in [0.29, 0.717) is 27.2 Å². The van der Waals surface area contributed by atoms with E-state index < -0.39 is 5.91 Å². The SMILES string of the molecule is Cc1ccc(NC(=O)c2nc(-c3ccccc3)n(-c3ccc(Cl)c(Cl)c3)n2)cc1C. The molecule has 3 aromatic carbocycles. The van der Waals surface area contributed by atoms with Crippen molar-refractivity contribution in [1.82, 2.24) is 14.8 Å². The first-order valence-corrected chi connectivity index (χ1v) is 10.0. The average Bonchev–Trinajstić information content (AvgIpc) is 3.19. The predicted molar refractivity (Wildman–Crippen MR) is 121 cm³/mol. The smallest absolute Gasteiger partial charge is 0.295 e. The van der Waals surface area contributed by atoms with Crippen molar-refractivity contribution in [2.24, 2.45) is 0 Å². The number of benzene rings is 3. The van der Waals surface area contributed by atoms with Crippen LogP contribution >= 0.6 is 23.2 Å². The van der Waals surface area contributed by atoms with E-state index in [4.69, 9.17) is 23.2 Å². The molecule has 0 saturated heterocycles. The molecule has 0 bridgehead atoms. The third kappa shape index (κ3) is 4.08. The molecule has 1 amide bonds. The van der Waals surface area contributed by atoms with Crippen LogP contribution in [0.4, 0.5) is 5.69 Å². The van der Waals surface area contributed by atoms with Crippen LogP contribution in [0.25, 0.3) is 17.1 Å². The van der Waals surface area contributed by atoms with Gasteiger partial charge < -0.3 is 5.32 Å². The highest BCUT2D eigenvalue weighted by molar-refractivity contribution is 6.42. The molecule has 1 heterocycles. The molecule has 30 heavy (non-hydrogen) atoms. The maximum atomic E-state index is 12.9. The molecule has 4 aromatic rings. The minimum absolute atomic E-state index is 0.0538. The van der Waals surface area contributed by atoms with Crippen molar-refractivity contribution in [3.8, 4) is 17.1 Å². The number of amides is 1. The average molecular weight is 437 g/mol. The van der Waals surface area contributed by atoms with E-state index in [-0.39, 0.29) is 5.82 Å². The molecule has 0 unspecified atom stereocenters. The zero-order chi connectivity index (χ0) is 21.3. The molecule has 7 heteroatoms. The summed E-state index contributed by atoms with van der Waals surface area (Å²) < 4.78 is 1.59. The van der Waals surface area contributed by atoms with E-state index in [9.17, 15) is 4.79 Å². The summed E-state index contributed by atoms with van der Waals surface area (Å²) in [5.74, 6) is 0.187. The summed E-state index contributed by atoms with van der Waals surface area (Å²) in [6, 6.07) is 20.4. The highest BCUT2D eigenvalue weighted by atomic mass is 35.5. The number of carbonyl (C=O) groups excluding carboxylic acids is 1. The van der Waals surface area contributed by atoms with Crippen LogP contribution in [0, 0.1) is 13.8 Å². The Morgan fingerprint density at radius 2 is 1.67 bits per heavy atom. The maximum Gasteiger partial charge on any atom is 0.295 e. The van der Waals surface area contributed by atoms with Crippen LogP contribution in [-0.2, 0) is 0 Å². The van der Waals surface area contributed by atoms with Crippen LogP contribution in [0.1, 0.15) is 21.7 Å². The van der Waals surface area contributed by atoms with E-state index in [1.54, 1.807) is 22.9 Å². The van der Waals surface area contributed by atoms with Gasteiger partial charge in [0.2, 0.25) is 5.82 Å². The second-order valence-corrected chi connectivity index (χ2v) is 7.70. The zero-order valence-electron chi connectivity index (χ0n) is 16.4. The molecule has 0 spiro atoms. The van der Waals surface area contributed by atoms with E-state index >= 15 is 0 Å². The molecule has 150 valence electrons. The Hall–Kier alpha value is -3.15. The molecular weight excluding hydrogens is 419 g/mol. The lowest BCUT2D eigenvalue weighted by Gasteiger charge is -2.07. The molecule has 0 fully saturated rings. The highest BCUT2D eigenvalue weighted by Crippen LogP contribution is 2.27. The van der Waals surface area contributed by atoms with Crippen molar-refractivity contribution in [2.45, 2.75) is 13.8 Å². The molecule has 0 atom stereocenters. The number of nitrogens with zero attached hydrogens (tertiary/aromatic N) is 3. The molecule has 0 aliphatic rings. The minimum atomic E-state index is -0.394. The van der Waals surface area contributed by atoms with Gasteiger partial charge in [0.25, 0.3) is 5.91 Å². The number of aryl methyl sites for hydroxylation is 2. The third-order valence-corrected chi connectivity index (χ3v) is 5.49. The van der Waals surface area contributed by atoms with Crippen LogP contribution in [0.5, 0.6) is 0 Å². The number of halogens is 2. The van der Waals surface area contributed by atoms with Gasteiger partial charge in [0.05, 0.1) is 15.7 Å². The van der Waals surface area contributed by atoms with Crippen molar-refractivity contribution < 1.29 is 4.79 Å². The molecule has 0 aliphatic heterocycles. The summed E-state index contributed by atoms with van der Waals surface area (Å²) in [4.78, 5) is 17.4. The minimum Gasteiger partial charge on any atom is -0.319 e. The van der Waals surface area contributed by atoms with Gasteiger partial charge in [-0.25, -0.2) is 9.67 Å². The molecular formula is C23H18Cl2N4O. The lowest BCUT2D eigenvalue weighted by molar-refractivity contribution is 0.101. The Labute approximate surface area is 184 Å². The fourth-order valence-electron chi connectivity index (χ4n) is 2.99. The summed E-state index contributed by atoms with van der Waals surface area (Å²) in [6.45, 7) is 4.02. The van der Waals surface area contributed by atoms with Gasteiger partial charge in [-0.3, -0.25) is 4.79 Å². The normalized spacial score (nSPS) is 10.8. The van der Waals surface area contributed by atoms with E-state index in [2.05, 4.69) is 15.4 Å². The molecule has 5 nitrogen and oxygen atoms in total. The number of nitrogens with one attached hydrogen (secondary N) is 1. The lowest BCUT2D eigenvalue weighted by Crippen LogP contribution is -2.14. The van der Waals surface area contributed by atoms with Gasteiger partial charge in [-0.15, -0.1) is 5.10 Å². The van der Waals surface area contributed by atoms with Crippen molar-refractivity contribution in [3.05, 3.63) is 93.7 Å². The first kappa shape index (κ1) is 20.1. The molecule has 1 aromatic heterocycles. The Balaban J connectivity index is 1.75. The monoisotopic (exact) mass is 436 g/mol. The van der Waals surface area contributed by atoms with Gasteiger partial charge in [0.1, 0.15) is 0 Å². The largest absolute Gasteiger partial charge is 0.319 e. The van der Waals surface area contributed by atoms with Gasteiger partial charge in [0, 0.05) is 11.3 Å². The first-order valence-electron chi connectivity index (χ1n) is 9.29. The summed E-state index contributed by atoms with van der Waals surface area (Å²) in [5, 5.41) is 8.15. The zero-order valence-corrected chi connectivity index (χ0v) is 17.9. The van der Waals surface area contributed by atoms with Gasteiger partial charge in [-0.1, -0.05) is 59.6 Å². The van der Waals surface area contributed by atoms with Crippen LogP contribution in [0.3, 0.4) is 0 Å². The van der Waals surface area contributed by atoms with Gasteiger partial charge in [-0.2, -0.15) is 0 Å². The first-order chi connectivity index (χ1) is 14.4. The number of rotatable bonds is 4. The Bertz CT molecular complexity index is 1240. The second kappa shape index (κ2) is 8.30. The Kier molecular flexibility index (Phi) is 5.57. The number of aromatic nitrogens is 3. The van der Waals surface area contributed by atoms with E-state index in [1.165, 1.54) is 0 Å². The fraction of sp³-hybridized carbons (Fsp3) is 0.0870. The second-order valence-electron chi connectivity index (χ2n) is 6.89. The Morgan fingerprint density at radius 3 is 2.37 bits per heavy atom. The fourth-order valence-corrected chi connectivity index (χ4v) is 3.28. The molecule has 4 rings (SSSR count). The lowest BCUT2D eigenvalue weighted by atomic mass is 10.1. The third-order valence-electron chi connectivity index (χ3n) is 4.75. The number of carbonyl (C=O) groups is 1. The Morgan fingerprint density at radius 1 is 0.900 bits per heavy atom. The van der Waals surface area contributed by atoms with Crippen molar-refractivity contribution in [3.63, 3.8) is 0 Å². The molecule has 0 saturated carbocycles. The molecule has 0 aliphatic carbocycles. The van der Waals surface area contributed by atoms with Crippen molar-refractivity contribution >= 4 is 34.8 Å². The van der Waals surface area contributed by atoms with Gasteiger partial charge in [0.15, 0.2) is 5.82 Å². The summed E-state index contributed by atoms with van der Waals surface area (Å²) >= 11 is 12.2.